The number of phenols is 1. The lowest BCUT2D eigenvalue weighted by Crippen LogP contribution is -2.53. The van der Waals surface area contributed by atoms with Crippen LogP contribution in [0.4, 0.5) is 0 Å². The van der Waals surface area contributed by atoms with Gasteiger partial charge in [-0.2, -0.15) is 0 Å². The Kier molecular flexibility index (Phi) is 3.22. The van der Waals surface area contributed by atoms with Gasteiger partial charge >= 0.3 is 0 Å². The van der Waals surface area contributed by atoms with E-state index in [1.54, 1.807) is 24.3 Å². The molecule has 0 saturated carbocycles. The first-order valence-corrected chi connectivity index (χ1v) is 5.42. The molecule has 2 N–H and O–H groups in total. The summed E-state index contributed by atoms with van der Waals surface area (Å²) in [6, 6.07) is 6.33. The fourth-order valence-corrected chi connectivity index (χ4v) is 1.92. The molecule has 0 amide bonds. The van der Waals surface area contributed by atoms with Crippen LogP contribution in [0.2, 0.25) is 0 Å². The Morgan fingerprint density at radius 2 is 2.12 bits per heavy atom. The predicted molar refractivity (Wildman–Crippen MR) is 61.7 cm³/mol. The van der Waals surface area contributed by atoms with E-state index in [-0.39, 0.29) is 17.6 Å². The Morgan fingerprint density at radius 3 is 2.75 bits per heavy atom. The number of likely N-dealkylation sites (N-methyl/N-ethyl adjacent to an activating group) is 1. The van der Waals surface area contributed by atoms with Gasteiger partial charge in [0.15, 0.2) is 5.78 Å². The molecular weight excluding hydrogens is 204 g/mol. The van der Waals surface area contributed by atoms with Crippen molar-refractivity contribution in [3.8, 4) is 5.75 Å². The van der Waals surface area contributed by atoms with Crippen LogP contribution < -0.4 is 5.32 Å². The van der Waals surface area contributed by atoms with E-state index >= 15 is 0 Å². The van der Waals surface area contributed by atoms with Gasteiger partial charge in [0.1, 0.15) is 5.75 Å². The second-order valence-corrected chi connectivity index (χ2v) is 4.11. The molecule has 0 bridgehead atoms. The molecule has 1 aromatic rings. The molecular formula is C12H16N2O2. The molecule has 16 heavy (non-hydrogen) atoms. The van der Waals surface area contributed by atoms with Crippen molar-refractivity contribution in [2.45, 2.75) is 6.04 Å². The summed E-state index contributed by atoms with van der Waals surface area (Å²) < 4.78 is 0. The van der Waals surface area contributed by atoms with Crippen LogP contribution in [0.1, 0.15) is 10.4 Å². The first-order valence-electron chi connectivity index (χ1n) is 5.42. The van der Waals surface area contributed by atoms with E-state index < -0.39 is 0 Å². The summed E-state index contributed by atoms with van der Waals surface area (Å²) >= 11 is 0. The van der Waals surface area contributed by atoms with Crippen LogP contribution in [0.3, 0.4) is 0 Å². The maximum absolute atomic E-state index is 12.2. The molecule has 0 radical (unpaired) electrons. The fraction of sp³-hybridized carbons (Fsp3) is 0.417. The second kappa shape index (κ2) is 4.63. The SMILES string of the molecule is CN1CCNC[C@@H]1C(=O)c1ccc(O)cc1. The van der Waals surface area contributed by atoms with Crippen molar-refractivity contribution in [3.05, 3.63) is 29.8 Å². The molecule has 1 aliphatic heterocycles. The van der Waals surface area contributed by atoms with Crippen molar-refractivity contribution in [2.75, 3.05) is 26.7 Å². The standard InChI is InChI=1S/C12H16N2O2/c1-14-7-6-13-8-11(14)12(16)9-2-4-10(15)5-3-9/h2-5,11,13,15H,6-8H2,1H3/t11-/m1/s1. The summed E-state index contributed by atoms with van der Waals surface area (Å²) in [6.07, 6.45) is 0. The smallest absolute Gasteiger partial charge is 0.181 e. The Morgan fingerprint density at radius 1 is 1.44 bits per heavy atom. The van der Waals surface area contributed by atoms with Crippen molar-refractivity contribution < 1.29 is 9.90 Å². The number of benzene rings is 1. The Hall–Kier alpha value is -1.39. The van der Waals surface area contributed by atoms with Gasteiger partial charge in [0.05, 0.1) is 6.04 Å². The van der Waals surface area contributed by atoms with Crippen molar-refractivity contribution in [3.63, 3.8) is 0 Å². The van der Waals surface area contributed by atoms with Gasteiger partial charge in [0.2, 0.25) is 0 Å². The molecule has 0 unspecified atom stereocenters. The number of hydrogen-bond donors (Lipinski definition) is 2. The molecule has 1 aromatic carbocycles. The van der Waals surface area contributed by atoms with E-state index in [1.807, 2.05) is 7.05 Å². The quantitative estimate of drug-likeness (QED) is 0.712. The van der Waals surface area contributed by atoms with Gasteiger partial charge in [-0.15, -0.1) is 0 Å². The highest BCUT2D eigenvalue weighted by Crippen LogP contribution is 2.13. The lowest BCUT2D eigenvalue weighted by Gasteiger charge is -2.31. The van der Waals surface area contributed by atoms with E-state index in [9.17, 15) is 4.79 Å². The maximum Gasteiger partial charge on any atom is 0.181 e. The second-order valence-electron chi connectivity index (χ2n) is 4.11. The van der Waals surface area contributed by atoms with Gasteiger partial charge in [-0.1, -0.05) is 0 Å². The van der Waals surface area contributed by atoms with Crippen LogP contribution in [0.5, 0.6) is 5.75 Å². The molecule has 0 spiro atoms. The lowest BCUT2D eigenvalue weighted by atomic mass is 10.0. The summed E-state index contributed by atoms with van der Waals surface area (Å²) in [4.78, 5) is 14.2. The van der Waals surface area contributed by atoms with Crippen LogP contribution in [0.25, 0.3) is 0 Å². The van der Waals surface area contributed by atoms with Gasteiger partial charge in [-0.05, 0) is 31.3 Å². The topological polar surface area (TPSA) is 52.6 Å². The van der Waals surface area contributed by atoms with E-state index in [0.717, 1.165) is 13.1 Å². The zero-order valence-corrected chi connectivity index (χ0v) is 9.31. The number of rotatable bonds is 2. The summed E-state index contributed by atoms with van der Waals surface area (Å²) in [7, 11) is 1.96. The highest BCUT2D eigenvalue weighted by molar-refractivity contribution is 6.00. The monoisotopic (exact) mass is 220 g/mol. The Bertz CT molecular complexity index is 375. The van der Waals surface area contributed by atoms with Crippen LogP contribution in [-0.2, 0) is 0 Å². The molecule has 4 heteroatoms. The number of nitrogens with one attached hydrogen (secondary N) is 1. The van der Waals surface area contributed by atoms with Crippen LogP contribution >= 0.6 is 0 Å². The molecule has 1 fully saturated rings. The molecule has 4 nitrogen and oxygen atoms in total. The maximum atomic E-state index is 12.2. The minimum absolute atomic E-state index is 0.0988. The molecule has 86 valence electrons. The summed E-state index contributed by atoms with van der Waals surface area (Å²) in [6.45, 7) is 2.50. The number of carbonyl (C=O) groups excluding carboxylic acids is 1. The molecule has 1 atom stereocenters. The van der Waals surface area contributed by atoms with Crippen LogP contribution in [0.15, 0.2) is 24.3 Å². The van der Waals surface area contributed by atoms with Gasteiger partial charge < -0.3 is 10.4 Å². The number of aromatic hydroxyl groups is 1. The highest BCUT2D eigenvalue weighted by Gasteiger charge is 2.26. The summed E-state index contributed by atoms with van der Waals surface area (Å²) in [5.74, 6) is 0.293. The summed E-state index contributed by atoms with van der Waals surface area (Å²) in [5, 5.41) is 12.4. The first kappa shape index (κ1) is 11.1. The normalized spacial score (nSPS) is 21.9. The number of carbonyl (C=O) groups is 1. The van der Waals surface area contributed by atoms with Crippen LogP contribution in [0, 0.1) is 0 Å². The third-order valence-corrected chi connectivity index (χ3v) is 2.97. The van der Waals surface area contributed by atoms with Gasteiger partial charge in [0.25, 0.3) is 0 Å². The van der Waals surface area contributed by atoms with Crippen molar-refractivity contribution >= 4 is 5.78 Å². The average molecular weight is 220 g/mol. The Labute approximate surface area is 94.9 Å². The van der Waals surface area contributed by atoms with E-state index in [1.165, 1.54) is 0 Å². The van der Waals surface area contributed by atoms with Gasteiger partial charge in [-0.3, -0.25) is 9.69 Å². The zero-order valence-electron chi connectivity index (χ0n) is 9.31. The van der Waals surface area contributed by atoms with Crippen LogP contribution in [-0.4, -0.2) is 48.5 Å². The predicted octanol–water partition coefficient (Wildman–Crippen LogP) is 0.478. The number of hydrogen-bond acceptors (Lipinski definition) is 4. The van der Waals surface area contributed by atoms with E-state index in [0.29, 0.717) is 12.1 Å². The first-order chi connectivity index (χ1) is 7.68. The molecule has 1 saturated heterocycles. The lowest BCUT2D eigenvalue weighted by molar-refractivity contribution is 0.0819. The van der Waals surface area contributed by atoms with Gasteiger partial charge in [0, 0.05) is 25.2 Å². The number of nitrogens with zero attached hydrogens (tertiary/aromatic N) is 1. The van der Waals surface area contributed by atoms with Crippen molar-refractivity contribution in [2.24, 2.45) is 0 Å². The summed E-state index contributed by atoms with van der Waals surface area (Å²) in [5.41, 5.74) is 0.651. The molecule has 1 aliphatic rings. The fourth-order valence-electron chi connectivity index (χ4n) is 1.92. The number of Topliss-reactive ketones (excluding diaryl/α,β-unsaturated/α-hetero) is 1. The molecule has 2 rings (SSSR count). The number of ketones is 1. The third-order valence-electron chi connectivity index (χ3n) is 2.97. The minimum atomic E-state index is -0.0988. The average Bonchev–Trinajstić information content (AvgIpc) is 2.30. The molecule has 1 heterocycles. The van der Waals surface area contributed by atoms with E-state index in [2.05, 4.69) is 10.2 Å². The Balaban J connectivity index is 2.14. The van der Waals surface area contributed by atoms with E-state index in [4.69, 9.17) is 5.11 Å². The third kappa shape index (κ3) is 2.23. The molecule has 0 aromatic heterocycles. The number of phenolic OH excluding ortho intramolecular Hbond substituents is 1. The molecule has 0 aliphatic carbocycles. The van der Waals surface area contributed by atoms with Crippen molar-refractivity contribution in [1.82, 2.24) is 10.2 Å². The largest absolute Gasteiger partial charge is 0.508 e. The highest BCUT2D eigenvalue weighted by atomic mass is 16.3. The minimum Gasteiger partial charge on any atom is -0.508 e. The zero-order chi connectivity index (χ0) is 11.5. The van der Waals surface area contributed by atoms with Crippen molar-refractivity contribution in [1.29, 1.82) is 0 Å². The van der Waals surface area contributed by atoms with Gasteiger partial charge in [-0.25, -0.2) is 0 Å². The number of piperazine rings is 1.